The Kier molecular flexibility index (Phi) is 13.3. The summed E-state index contributed by atoms with van der Waals surface area (Å²) in [6.07, 6.45) is 7.20. The third-order valence-electron chi connectivity index (χ3n) is 2.95. The second kappa shape index (κ2) is 13.7. The molecule has 3 N–H and O–H groups in total. The molecule has 1 rings (SSSR count). The highest BCUT2D eigenvalue weighted by atomic mass is 127. The summed E-state index contributed by atoms with van der Waals surface area (Å²) in [7, 11) is -1.82. The molecule has 0 spiro atoms. The van der Waals surface area contributed by atoms with Crippen molar-refractivity contribution in [3.63, 3.8) is 0 Å². The SMILES string of the molecule is CN=C(NCCCCSC)NCCNS(=O)(=O)c1cccnc1.I. The van der Waals surface area contributed by atoms with E-state index in [-0.39, 0.29) is 35.4 Å². The Labute approximate surface area is 166 Å². The average Bonchev–Trinajstić information content (AvgIpc) is 2.57. The molecule has 0 unspecified atom stereocenters. The van der Waals surface area contributed by atoms with Gasteiger partial charge in [0.05, 0.1) is 0 Å². The van der Waals surface area contributed by atoms with Crippen molar-refractivity contribution in [2.75, 3.05) is 38.7 Å². The standard InChI is InChI=1S/C14H25N5O2S2.HI/c1-15-14(17-8-3-4-11-22-2)18-9-10-19-23(20,21)13-6-5-7-16-12-13;/h5-7,12,19H,3-4,8-11H2,1-2H3,(H2,15,17,18);1H. The number of rotatable bonds is 10. The van der Waals surface area contributed by atoms with Gasteiger partial charge in [0.25, 0.3) is 0 Å². The van der Waals surface area contributed by atoms with Gasteiger partial charge < -0.3 is 10.6 Å². The summed E-state index contributed by atoms with van der Waals surface area (Å²) in [5.74, 6) is 1.83. The fourth-order valence-corrected chi connectivity index (χ4v) is 3.24. The lowest BCUT2D eigenvalue weighted by molar-refractivity contribution is 0.580. The summed E-state index contributed by atoms with van der Waals surface area (Å²) in [4.78, 5) is 8.07. The van der Waals surface area contributed by atoms with Crippen molar-refractivity contribution in [3.8, 4) is 0 Å². The molecule has 0 aromatic carbocycles. The number of hydrogen-bond acceptors (Lipinski definition) is 5. The van der Waals surface area contributed by atoms with E-state index in [1.54, 1.807) is 13.1 Å². The number of thioether (sulfide) groups is 1. The number of sulfonamides is 1. The third kappa shape index (κ3) is 9.64. The van der Waals surface area contributed by atoms with E-state index in [9.17, 15) is 8.42 Å². The quantitative estimate of drug-likeness (QED) is 0.199. The van der Waals surface area contributed by atoms with Gasteiger partial charge in [-0.3, -0.25) is 9.98 Å². The van der Waals surface area contributed by atoms with Crippen LogP contribution in [-0.4, -0.2) is 58.1 Å². The van der Waals surface area contributed by atoms with E-state index in [1.165, 1.54) is 18.5 Å². The third-order valence-corrected chi connectivity index (χ3v) is 5.09. The van der Waals surface area contributed by atoms with Gasteiger partial charge in [-0.2, -0.15) is 11.8 Å². The molecule has 0 saturated heterocycles. The van der Waals surface area contributed by atoms with E-state index in [0.29, 0.717) is 12.5 Å². The molecule has 10 heteroatoms. The number of aromatic nitrogens is 1. The Bertz CT molecular complexity index is 570. The molecule has 0 radical (unpaired) electrons. The minimum absolute atomic E-state index is 0. The van der Waals surface area contributed by atoms with Gasteiger partial charge in [-0.05, 0) is 37.0 Å². The van der Waals surface area contributed by atoms with E-state index >= 15 is 0 Å². The Morgan fingerprint density at radius 3 is 2.62 bits per heavy atom. The summed E-state index contributed by atoms with van der Waals surface area (Å²) in [5, 5.41) is 6.28. The van der Waals surface area contributed by atoms with Gasteiger partial charge in [0.2, 0.25) is 10.0 Å². The first-order valence-corrected chi connectivity index (χ1v) is 10.3. The van der Waals surface area contributed by atoms with E-state index < -0.39 is 10.0 Å². The zero-order valence-electron chi connectivity index (χ0n) is 14.0. The lowest BCUT2D eigenvalue weighted by Crippen LogP contribution is -2.41. The maximum absolute atomic E-state index is 12.0. The normalized spacial score (nSPS) is 11.7. The average molecular weight is 487 g/mol. The second-order valence-electron chi connectivity index (χ2n) is 4.71. The van der Waals surface area contributed by atoms with Crippen molar-refractivity contribution >= 4 is 51.7 Å². The molecule has 24 heavy (non-hydrogen) atoms. The molecule has 1 heterocycles. The summed E-state index contributed by atoms with van der Waals surface area (Å²) < 4.78 is 26.5. The summed E-state index contributed by atoms with van der Waals surface area (Å²) in [6.45, 7) is 1.57. The predicted molar refractivity (Wildman–Crippen MR) is 112 cm³/mol. The molecule has 0 amide bonds. The number of unbranched alkanes of at least 4 members (excludes halogenated alkanes) is 1. The zero-order valence-corrected chi connectivity index (χ0v) is 18.0. The first-order valence-electron chi connectivity index (χ1n) is 7.43. The molecule has 0 atom stereocenters. The number of guanidine groups is 1. The minimum atomic E-state index is -3.51. The number of hydrogen-bond donors (Lipinski definition) is 3. The first-order chi connectivity index (χ1) is 11.1. The maximum Gasteiger partial charge on any atom is 0.242 e. The molecular weight excluding hydrogens is 461 g/mol. The molecule has 1 aromatic rings. The second-order valence-corrected chi connectivity index (χ2v) is 7.46. The van der Waals surface area contributed by atoms with Crippen LogP contribution in [0.2, 0.25) is 0 Å². The predicted octanol–water partition coefficient (Wildman–Crippen LogP) is 1.29. The minimum Gasteiger partial charge on any atom is -0.356 e. The number of nitrogens with one attached hydrogen (secondary N) is 3. The molecule has 0 aliphatic rings. The number of aliphatic imine (C=N–C) groups is 1. The fraction of sp³-hybridized carbons (Fsp3) is 0.571. The van der Waals surface area contributed by atoms with Crippen molar-refractivity contribution in [2.45, 2.75) is 17.7 Å². The number of nitrogens with zero attached hydrogens (tertiary/aromatic N) is 2. The van der Waals surface area contributed by atoms with Crippen LogP contribution in [-0.2, 0) is 10.0 Å². The number of halogens is 1. The van der Waals surface area contributed by atoms with E-state index in [1.807, 2.05) is 11.8 Å². The van der Waals surface area contributed by atoms with Crippen LogP contribution in [0, 0.1) is 0 Å². The van der Waals surface area contributed by atoms with Gasteiger partial charge in [-0.1, -0.05) is 0 Å². The highest BCUT2D eigenvalue weighted by Gasteiger charge is 2.12. The molecule has 0 saturated carbocycles. The van der Waals surface area contributed by atoms with Crippen LogP contribution in [0.1, 0.15) is 12.8 Å². The molecule has 0 bridgehead atoms. The topological polar surface area (TPSA) is 95.5 Å². The van der Waals surface area contributed by atoms with Gasteiger partial charge >= 0.3 is 0 Å². The maximum atomic E-state index is 12.0. The van der Waals surface area contributed by atoms with E-state index in [4.69, 9.17) is 0 Å². The van der Waals surface area contributed by atoms with Crippen LogP contribution in [0.5, 0.6) is 0 Å². The smallest absolute Gasteiger partial charge is 0.242 e. The van der Waals surface area contributed by atoms with Crippen LogP contribution >= 0.6 is 35.7 Å². The van der Waals surface area contributed by atoms with Crippen molar-refractivity contribution < 1.29 is 8.42 Å². The Morgan fingerprint density at radius 1 is 1.25 bits per heavy atom. The molecular formula is C14H26IN5O2S2. The molecule has 0 aliphatic heterocycles. The van der Waals surface area contributed by atoms with Crippen LogP contribution in [0.25, 0.3) is 0 Å². The van der Waals surface area contributed by atoms with Crippen molar-refractivity contribution in [1.29, 1.82) is 0 Å². The first kappa shape index (κ1) is 23.4. The Morgan fingerprint density at radius 2 is 2.00 bits per heavy atom. The van der Waals surface area contributed by atoms with Crippen LogP contribution < -0.4 is 15.4 Å². The molecule has 0 fully saturated rings. The lowest BCUT2D eigenvalue weighted by atomic mass is 10.3. The lowest BCUT2D eigenvalue weighted by Gasteiger charge is -2.12. The summed E-state index contributed by atoms with van der Waals surface area (Å²) in [6, 6.07) is 3.10. The highest BCUT2D eigenvalue weighted by Crippen LogP contribution is 2.04. The number of pyridine rings is 1. The van der Waals surface area contributed by atoms with Crippen LogP contribution in [0.4, 0.5) is 0 Å². The van der Waals surface area contributed by atoms with Crippen molar-refractivity contribution in [1.82, 2.24) is 20.3 Å². The van der Waals surface area contributed by atoms with E-state index in [2.05, 4.69) is 31.6 Å². The van der Waals surface area contributed by atoms with Crippen molar-refractivity contribution in [2.24, 2.45) is 4.99 Å². The van der Waals surface area contributed by atoms with Gasteiger partial charge in [-0.15, -0.1) is 24.0 Å². The Balaban J connectivity index is 0.00000529. The highest BCUT2D eigenvalue weighted by molar-refractivity contribution is 14.0. The van der Waals surface area contributed by atoms with Crippen LogP contribution in [0.3, 0.4) is 0 Å². The summed E-state index contributed by atoms with van der Waals surface area (Å²) in [5.41, 5.74) is 0. The van der Waals surface area contributed by atoms with E-state index in [0.717, 1.165) is 25.1 Å². The van der Waals surface area contributed by atoms with Crippen LogP contribution in [0.15, 0.2) is 34.4 Å². The van der Waals surface area contributed by atoms with Gasteiger partial charge in [-0.25, -0.2) is 13.1 Å². The van der Waals surface area contributed by atoms with Crippen molar-refractivity contribution in [3.05, 3.63) is 24.5 Å². The van der Waals surface area contributed by atoms with Gasteiger partial charge in [0.1, 0.15) is 4.90 Å². The monoisotopic (exact) mass is 487 g/mol. The molecule has 1 aromatic heterocycles. The fourth-order valence-electron chi connectivity index (χ4n) is 1.75. The zero-order chi connectivity index (χ0) is 17.0. The Hall–Kier alpha value is -0.590. The molecule has 0 aliphatic carbocycles. The molecule has 138 valence electrons. The summed E-state index contributed by atoms with van der Waals surface area (Å²) >= 11 is 1.84. The largest absolute Gasteiger partial charge is 0.356 e. The van der Waals surface area contributed by atoms with Gasteiger partial charge in [0, 0.05) is 39.1 Å². The van der Waals surface area contributed by atoms with Gasteiger partial charge in [0.15, 0.2) is 5.96 Å². The molecule has 7 nitrogen and oxygen atoms in total.